The van der Waals surface area contributed by atoms with Gasteiger partial charge in [0.15, 0.2) is 0 Å². The number of nitrogens with zero attached hydrogens (tertiary/aromatic N) is 1. The van der Waals surface area contributed by atoms with Crippen LogP contribution in [0.4, 0.5) is 5.69 Å². The Bertz CT molecular complexity index is 1010. The molecule has 3 amide bonds. The summed E-state index contributed by atoms with van der Waals surface area (Å²) >= 11 is 6.07. The first-order chi connectivity index (χ1) is 16.9. The predicted octanol–water partition coefficient (Wildman–Crippen LogP) is 3.05. The van der Waals surface area contributed by atoms with E-state index in [0.29, 0.717) is 31.5 Å². The van der Waals surface area contributed by atoms with Gasteiger partial charge < -0.3 is 26.0 Å². The van der Waals surface area contributed by atoms with Crippen molar-refractivity contribution >= 4 is 41.0 Å². The third-order valence-electron chi connectivity index (χ3n) is 6.78. The number of ether oxygens (including phenoxy) is 1. The molecule has 10 heteroatoms. The smallest absolute Gasteiger partial charge is 0.308 e. The zero-order valence-electron chi connectivity index (χ0n) is 21.4. The van der Waals surface area contributed by atoms with Crippen LogP contribution in [0.3, 0.4) is 0 Å². The minimum absolute atomic E-state index is 0.131. The molecule has 0 aromatic heterocycles. The number of unbranched alkanes of at least 4 members (excludes halogenated alkanes) is 1. The van der Waals surface area contributed by atoms with E-state index in [2.05, 4.69) is 17.6 Å². The fraction of sp³-hybridized carbons (Fsp3) is 0.615. The van der Waals surface area contributed by atoms with Gasteiger partial charge in [-0.1, -0.05) is 45.7 Å². The van der Waals surface area contributed by atoms with Gasteiger partial charge in [-0.05, 0) is 49.3 Å². The normalized spacial score (nSPS) is 22.8. The summed E-state index contributed by atoms with van der Waals surface area (Å²) in [7, 11) is 0. The van der Waals surface area contributed by atoms with Gasteiger partial charge in [0.05, 0.1) is 23.2 Å². The summed E-state index contributed by atoms with van der Waals surface area (Å²) < 4.78 is 5.40. The molecule has 1 aromatic carbocycles. The van der Waals surface area contributed by atoms with E-state index in [1.165, 1.54) is 12.1 Å². The van der Waals surface area contributed by atoms with E-state index < -0.39 is 29.4 Å². The Morgan fingerprint density at radius 2 is 2.00 bits per heavy atom. The van der Waals surface area contributed by atoms with E-state index in [1.54, 1.807) is 11.0 Å². The summed E-state index contributed by atoms with van der Waals surface area (Å²) in [5.41, 5.74) is 5.77. The lowest BCUT2D eigenvalue weighted by Gasteiger charge is -2.35. The Balaban J connectivity index is 1.73. The van der Waals surface area contributed by atoms with E-state index in [4.69, 9.17) is 22.1 Å². The molecule has 9 nitrogen and oxygen atoms in total. The van der Waals surface area contributed by atoms with Gasteiger partial charge in [0.1, 0.15) is 18.2 Å². The topological polar surface area (TPSA) is 131 Å². The highest BCUT2D eigenvalue weighted by Gasteiger charge is 2.43. The fourth-order valence-corrected chi connectivity index (χ4v) is 4.88. The average Bonchev–Trinajstić information content (AvgIpc) is 3.43. The number of cyclic esters (lactones) is 1. The molecular weight excluding hydrogens is 484 g/mol. The average molecular weight is 521 g/mol. The van der Waals surface area contributed by atoms with Crippen molar-refractivity contribution in [1.82, 2.24) is 15.5 Å². The lowest BCUT2D eigenvalue weighted by molar-refractivity contribution is -0.142. The number of anilines is 1. The van der Waals surface area contributed by atoms with Crippen molar-refractivity contribution in [1.29, 1.82) is 0 Å². The Hall–Kier alpha value is -2.81. The van der Waals surface area contributed by atoms with Gasteiger partial charge in [0.25, 0.3) is 5.91 Å². The molecule has 0 bridgehead atoms. The zero-order valence-corrected chi connectivity index (χ0v) is 22.2. The minimum Gasteiger partial charge on any atom is -0.460 e. The molecule has 2 fully saturated rings. The van der Waals surface area contributed by atoms with Gasteiger partial charge in [-0.15, -0.1) is 0 Å². The SMILES string of the molecule is CCCC[C@@H]1OC(=O)C[C@@H]1NC(=O)C1CCCN1C(=O)[C@@H](NC(=O)c1ccc(N)c(Cl)c1)C(C)(C)C. The maximum Gasteiger partial charge on any atom is 0.308 e. The zero-order chi connectivity index (χ0) is 26.6. The van der Waals surface area contributed by atoms with Crippen LogP contribution in [-0.2, 0) is 19.1 Å². The van der Waals surface area contributed by atoms with Crippen molar-refractivity contribution in [2.45, 2.75) is 90.4 Å². The molecule has 3 rings (SSSR count). The number of carbonyl (C=O) groups is 4. The highest BCUT2D eigenvalue weighted by molar-refractivity contribution is 6.33. The van der Waals surface area contributed by atoms with Crippen LogP contribution in [0.1, 0.15) is 76.6 Å². The largest absolute Gasteiger partial charge is 0.460 e. The van der Waals surface area contributed by atoms with Crippen molar-refractivity contribution < 1.29 is 23.9 Å². The van der Waals surface area contributed by atoms with Gasteiger partial charge >= 0.3 is 5.97 Å². The number of halogens is 1. The molecule has 4 atom stereocenters. The number of amides is 3. The second kappa shape index (κ2) is 11.5. The molecule has 2 aliphatic rings. The maximum absolute atomic E-state index is 13.7. The van der Waals surface area contributed by atoms with E-state index in [9.17, 15) is 19.2 Å². The number of nitrogens with two attached hydrogens (primary N) is 1. The summed E-state index contributed by atoms with van der Waals surface area (Å²) in [5.74, 6) is -1.39. The molecule has 2 saturated heterocycles. The van der Waals surface area contributed by atoms with Crippen LogP contribution in [0.15, 0.2) is 18.2 Å². The number of carbonyl (C=O) groups excluding carboxylic acids is 4. The molecule has 4 N–H and O–H groups in total. The lowest BCUT2D eigenvalue weighted by Crippen LogP contribution is -2.58. The van der Waals surface area contributed by atoms with Crippen molar-refractivity contribution in [3.8, 4) is 0 Å². The minimum atomic E-state index is -0.872. The van der Waals surface area contributed by atoms with Crippen molar-refractivity contribution in [3.63, 3.8) is 0 Å². The summed E-state index contributed by atoms with van der Waals surface area (Å²) in [5, 5.41) is 6.05. The Morgan fingerprint density at radius 1 is 1.28 bits per heavy atom. The standard InChI is InChI=1S/C26H37ClN4O5/c1-5-6-9-20-18(14-21(32)36-20)29-24(34)19-8-7-12-31(19)25(35)22(26(2,3)4)30-23(33)15-10-11-17(28)16(27)13-15/h10-11,13,18-20,22H,5-9,12,14,28H2,1-4H3,(H,29,34)(H,30,33)/t18-,19?,20-,22+/m0/s1. The van der Waals surface area contributed by atoms with Crippen LogP contribution in [0.25, 0.3) is 0 Å². The van der Waals surface area contributed by atoms with Gasteiger partial charge in [-0.3, -0.25) is 19.2 Å². The molecule has 1 aromatic rings. The number of hydrogen-bond acceptors (Lipinski definition) is 6. The number of nitrogen functional groups attached to an aromatic ring is 1. The van der Waals surface area contributed by atoms with Crippen molar-refractivity contribution in [2.24, 2.45) is 5.41 Å². The monoisotopic (exact) mass is 520 g/mol. The molecule has 0 spiro atoms. The number of benzene rings is 1. The first-order valence-electron chi connectivity index (χ1n) is 12.6. The molecule has 198 valence electrons. The molecule has 1 unspecified atom stereocenters. The van der Waals surface area contributed by atoms with E-state index in [0.717, 1.165) is 12.8 Å². The second-order valence-electron chi connectivity index (χ2n) is 10.7. The van der Waals surface area contributed by atoms with Crippen LogP contribution in [0, 0.1) is 5.41 Å². The third-order valence-corrected chi connectivity index (χ3v) is 7.10. The number of rotatable bonds is 8. The summed E-state index contributed by atoms with van der Waals surface area (Å²) in [4.78, 5) is 53.3. The van der Waals surface area contributed by atoms with Crippen LogP contribution >= 0.6 is 11.6 Å². The quantitative estimate of drug-likeness (QED) is 0.356. The van der Waals surface area contributed by atoms with Crippen molar-refractivity contribution in [2.75, 3.05) is 12.3 Å². The van der Waals surface area contributed by atoms with E-state index >= 15 is 0 Å². The summed E-state index contributed by atoms with van der Waals surface area (Å²) in [6, 6.07) is 2.60. The van der Waals surface area contributed by atoms with Crippen molar-refractivity contribution in [3.05, 3.63) is 28.8 Å². The lowest BCUT2D eigenvalue weighted by atomic mass is 9.85. The van der Waals surface area contributed by atoms with Gasteiger partial charge in [-0.2, -0.15) is 0 Å². The Kier molecular flexibility index (Phi) is 8.87. The molecule has 0 saturated carbocycles. The summed E-state index contributed by atoms with van der Waals surface area (Å²) in [6.45, 7) is 8.04. The predicted molar refractivity (Wildman–Crippen MR) is 137 cm³/mol. The number of esters is 1. The Morgan fingerprint density at radius 3 is 2.64 bits per heavy atom. The number of hydrogen-bond donors (Lipinski definition) is 3. The fourth-order valence-electron chi connectivity index (χ4n) is 4.70. The van der Waals surface area contributed by atoms with Gasteiger partial charge in [-0.25, -0.2) is 0 Å². The molecule has 2 heterocycles. The molecule has 0 aliphatic carbocycles. The van der Waals surface area contributed by atoms with Crippen LogP contribution in [0.5, 0.6) is 0 Å². The van der Waals surface area contributed by atoms with Gasteiger partial charge in [0.2, 0.25) is 11.8 Å². The maximum atomic E-state index is 13.7. The van der Waals surface area contributed by atoms with E-state index in [1.807, 2.05) is 20.8 Å². The van der Waals surface area contributed by atoms with Crippen LogP contribution in [-0.4, -0.2) is 59.4 Å². The Labute approximate surface area is 217 Å². The second-order valence-corrected chi connectivity index (χ2v) is 11.1. The molecular formula is C26H37ClN4O5. The van der Waals surface area contributed by atoms with Crippen LogP contribution < -0.4 is 16.4 Å². The first kappa shape index (κ1) is 27.8. The third kappa shape index (κ3) is 6.49. The molecule has 0 radical (unpaired) electrons. The van der Waals surface area contributed by atoms with Gasteiger partial charge in [0, 0.05) is 12.1 Å². The highest BCUT2D eigenvalue weighted by atomic mass is 35.5. The number of likely N-dealkylation sites (tertiary alicyclic amines) is 1. The first-order valence-corrected chi connectivity index (χ1v) is 13.0. The molecule has 2 aliphatic heterocycles. The summed E-state index contributed by atoms with van der Waals surface area (Å²) in [6.07, 6.45) is 3.50. The van der Waals surface area contributed by atoms with Crippen LogP contribution in [0.2, 0.25) is 5.02 Å². The molecule has 36 heavy (non-hydrogen) atoms. The highest BCUT2D eigenvalue weighted by Crippen LogP contribution is 2.28. The van der Waals surface area contributed by atoms with E-state index in [-0.39, 0.29) is 40.9 Å². The number of nitrogens with one attached hydrogen (secondary N) is 2.